The van der Waals surface area contributed by atoms with E-state index in [4.69, 9.17) is 27.9 Å². The van der Waals surface area contributed by atoms with E-state index < -0.39 is 0 Å². The van der Waals surface area contributed by atoms with Crippen LogP contribution >= 0.6 is 34.7 Å². The zero-order chi connectivity index (χ0) is 14.5. The summed E-state index contributed by atoms with van der Waals surface area (Å²) < 4.78 is 9.28. The fraction of sp³-hybridized carbons (Fsp3) is 0.385. The van der Waals surface area contributed by atoms with E-state index in [-0.39, 0.29) is 6.04 Å². The van der Waals surface area contributed by atoms with Crippen molar-refractivity contribution in [3.05, 3.63) is 39.6 Å². The van der Waals surface area contributed by atoms with Crippen LogP contribution in [0.25, 0.3) is 0 Å². The first kappa shape index (κ1) is 15.5. The molecule has 7 heteroatoms. The molecule has 1 aromatic carbocycles. The quantitative estimate of drug-likeness (QED) is 0.861. The molecule has 0 aliphatic carbocycles. The maximum Gasteiger partial charge on any atom is 0.203 e. The summed E-state index contributed by atoms with van der Waals surface area (Å²) in [4.78, 5) is 4.41. The number of aromatic nitrogens is 2. The SMILES string of the molecule is COCCc1nsc(NC(C)c2ccc(Cl)c(Cl)c2)n1. The van der Waals surface area contributed by atoms with E-state index >= 15 is 0 Å². The molecule has 0 spiro atoms. The molecular weight excluding hydrogens is 317 g/mol. The van der Waals surface area contributed by atoms with Crippen molar-refractivity contribution < 1.29 is 4.74 Å². The Bertz CT molecular complexity index is 576. The van der Waals surface area contributed by atoms with Gasteiger partial charge in [-0.1, -0.05) is 29.3 Å². The van der Waals surface area contributed by atoms with E-state index in [0.717, 1.165) is 22.9 Å². The molecule has 2 rings (SSSR count). The van der Waals surface area contributed by atoms with Crippen molar-refractivity contribution in [1.82, 2.24) is 9.36 Å². The summed E-state index contributed by atoms with van der Waals surface area (Å²) in [6.07, 6.45) is 0.718. The lowest BCUT2D eigenvalue weighted by atomic mass is 10.1. The molecule has 0 amide bonds. The molecule has 0 radical (unpaired) electrons. The number of rotatable bonds is 6. The Morgan fingerprint density at radius 2 is 2.15 bits per heavy atom. The van der Waals surface area contributed by atoms with Gasteiger partial charge in [0.05, 0.1) is 22.7 Å². The van der Waals surface area contributed by atoms with Gasteiger partial charge in [-0.3, -0.25) is 0 Å². The van der Waals surface area contributed by atoms with Crippen LogP contribution in [0.5, 0.6) is 0 Å². The van der Waals surface area contributed by atoms with Gasteiger partial charge in [-0.15, -0.1) is 0 Å². The lowest BCUT2D eigenvalue weighted by molar-refractivity contribution is 0.201. The third-order valence-electron chi connectivity index (χ3n) is 2.78. The molecule has 0 bridgehead atoms. The lowest BCUT2D eigenvalue weighted by Gasteiger charge is -2.13. The number of halogens is 2. The predicted molar refractivity (Wildman–Crippen MR) is 84.0 cm³/mol. The van der Waals surface area contributed by atoms with Crippen molar-refractivity contribution in [3.63, 3.8) is 0 Å². The molecule has 0 fully saturated rings. The van der Waals surface area contributed by atoms with Gasteiger partial charge in [0.2, 0.25) is 5.13 Å². The van der Waals surface area contributed by atoms with Gasteiger partial charge in [0.25, 0.3) is 0 Å². The largest absolute Gasteiger partial charge is 0.384 e. The second kappa shape index (κ2) is 7.22. The van der Waals surface area contributed by atoms with Gasteiger partial charge in [-0.2, -0.15) is 4.37 Å². The molecule has 1 N–H and O–H groups in total. The van der Waals surface area contributed by atoms with Crippen LogP contribution in [-0.2, 0) is 11.2 Å². The first-order valence-corrected chi connectivity index (χ1v) is 7.66. The Balaban J connectivity index is 2.01. The van der Waals surface area contributed by atoms with Crippen molar-refractivity contribution in [2.75, 3.05) is 19.0 Å². The number of methoxy groups -OCH3 is 1. The van der Waals surface area contributed by atoms with Gasteiger partial charge in [0.1, 0.15) is 5.82 Å². The number of hydrogen-bond donors (Lipinski definition) is 1. The van der Waals surface area contributed by atoms with E-state index in [9.17, 15) is 0 Å². The zero-order valence-corrected chi connectivity index (χ0v) is 13.5. The standard InChI is InChI=1S/C13H15Cl2N3OS/c1-8(9-3-4-10(14)11(15)7-9)16-13-17-12(18-20-13)5-6-19-2/h3-4,7-8H,5-6H2,1-2H3,(H,16,17,18). The molecule has 1 heterocycles. The second-order valence-corrected chi connectivity index (χ2v) is 5.86. The molecule has 0 saturated heterocycles. The van der Waals surface area contributed by atoms with Crippen molar-refractivity contribution in [2.24, 2.45) is 0 Å². The van der Waals surface area contributed by atoms with Crippen LogP contribution in [0.1, 0.15) is 24.4 Å². The minimum Gasteiger partial charge on any atom is -0.384 e. The first-order chi connectivity index (χ1) is 9.60. The number of nitrogens with one attached hydrogen (secondary N) is 1. The minimum atomic E-state index is 0.0768. The van der Waals surface area contributed by atoms with Crippen molar-refractivity contribution in [3.8, 4) is 0 Å². The van der Waals surface area contributed by atoms with Crippen LogP contribution in [-0.4, -0.2) is 23.1 Å². The van der Waals surface area contributed by atoms with E-state index in [2.05, 4.69) is 14.7 Å². The summed E-state index contributed by atoms with van der Waals surface area (Å²) in [5.74, 6) is 0.792. The smallest absolute Gasteiger partial charge is 0.203 e. The lowest BCUT2D eigenvalue weighted by Crippen LogP contribution is -2.06. The van der Waals surface area contributed by atoms with Gasteiger partial charge < -0.3 is 10.1 Å². The molecule has 108 valence electrons. The van der Waals surface area contributed by atoms with E-state index in [1.54, 1.807) is 13.2 Å². The van der Waals surface area contributed by atoms with Gasteiger partial charge in [0.15, 0.2) is 0 Å². The molecule has 0 aliphatic heterocycles. The molecule has 1 unspecified atom stereocenters. The minimum absolute atomic E-state index is 0.0768. The zero-order valence-electron chi connectivity index (χ0n) is 11.2. The summed E-state index contributed by atoms with van der Waals surface area (Å²) >= 11 is 13.3. The molecule has 1 aromatic heterocycles. The molecule has 4 nitrogen and oxygen atoms in total. The molecule has 0 aliphatic rings. The summed E-state index contributed by atoms with van der Waals surface area (Å²) in [6, 6.07) is 5.67. The maximum atomic E-state index is 6.02. The fourth-order valence-corrected chi connectivity index (χ4v) is 2.66. The van der Waals surface area contributed by atoms with E-state index in [0.29, 0.717) is 16.7 Å². The fourth-order valence-electron chi connectivity index (χ4n) is 1.66. The van der Waals surface area contributed by atoms with Crippen LogP contribution in [0.3, 0.4) is 0 Å². The van der Waals surface area contributed by atoms with Crippen LogP contribution in [0.15, 0.2) is 18.2 Å². The van der Waals surface area contributed by atoms with Crippen molar-refractivity contribution in [2.45, 2.75) is 19.4 Å². The first-order valence-electron chi connectivity index (χ1n) is 6.13. The van der Waals surface area contributed by atoms with Crippen LogP contribution in [0, 0.1) is 0 Å². The average molecular weight is 332 g/mol. The second-order valence-electron chi connectivity index (χ2n) is 4.30. The number of nitrogens with zero attached hydrogens (tertiary/aromatic N) is 2. The number of hydrogen-bond acceptors (Lipinski definition) is 5. The van der Waals surface area contributed by atoms with Crippen molar-refractivity contribution in [1.29, 1.82) is 0 Å². The highest BCUT2D eigenvalue weighted by atomic mass is 35.5. The number of ether oxygens (including phenoxy) is 1. The van der Waals surface area contributed by atoms with Gasteiger partial charge in [-0.05, 0) is 24.6 Å². The molecule has 0 saturated carbocycles. The van der Waals surface area contributed by atoms with E-state index in [1.165, 1.54) is 11.5 Å². The Labute approximate surface area is 132 Å². The third kappa shape index (κ3) is 4.06. The predicted octanol–water partition coefficient (Wildman–Crippen LogP) is 4.21. The third-order valence-corrected chi connectivity index (χ3v) is 4.20. The van der Waals surface area contributed by atoms with Crippen LogP contribution < -0.4 is 5.32 Å². The molecule has 2 aromatic rings. The summed E-state index contributed by atoms with van der Waals surface area (Å²) in [5, 5.41) is 5.20. The molecular formula is C13H15Cl2N3OS. The van der Waals surface area contributed by atoms with Gasteiger partial charge in [0, 0.05) is 25.1 Å². The Morgan fingerprint density at radius 1 is 1.35 bits per heavy atom. The normalized spacial score (nSPS) is 12.4. The monoisotopic (exact) mass is 331 g/mol. The Hall–Kier alpha value is -0.880. The van der Waals surface area contributed by atoms with Gasteiger partial charge >= 0.3 is 0 Å². The Kier molecular flexibility index (Phi) is 5.60. The molecule has 1 atom stereocenters. The summed E-state index contributed by atoms with van der Waals surface area (Å²) in [6.45, 7) is 2.66. The highest BCUT2D eigenvalue weighted by molar-refractivity contribution is 7.09. The summed E-state index contributed by atoms with van der Waals surface area (Å²) in [7, 11) is 1.66. The van der Waals surface area contributed by atoms with Crippen molar-refractivity contribution >= 4 is 39.9 Å². The van der Waals surface area contributed by atoms with E-state index in [1.807, 2.05) is 19.1 Å². The van der Waals surface area contributed by atoms with Crippen LogP contribution in [0.4, 0.5) is 5.13 Å². The van der Waals surface area contributed by atoms with Gasteiger partial charge in [-0.25, -0.2) is 4.98 Å². The Morgan fingerprint density at radius 3 is 2.85 bits per heavy atom. The summed E-state index contributed by atoms with van der Waals surface area (Å²) in [5.41, 5.74) is 1.05. The topological polar surface area (TPSA) is 47.0 Å². The van der Waals surface area contributed by atoms with Crippen LogP contribution in [0.2, 0.25) is 10.0 Å². The number of anilines is 1. The molecule has 20 heavy (non-hydrogen) atoms. The maximum absolute atomic E-state index is 6.02. The number of benzene rings is 1. The highest BCUT2D eigenvalue weighted by Gasteiger charge is 2.10. The highest BCUT2D eigenvalue weighted by Crippen LogP contribution is 2.27. The average Bonchev–Trinajstić information content (AvgIpc) is 2.87.